The van der Waals surface area contributed by atoms with E-state index in [1.807, 2.05) is 0 Å². The topological polar surface area (TPSA) is 72.4 Å². The van der Waals surface area contributed by atoms with Gasteiger partial charge >= 0.3 is 0 Å². The van der Waals surface area contributed by atoms with Crippen molar-refractivity contribution in [1.82, 2.24) is 0 Å². The number of hydrogen-bond donors (Lipinski definition) is 0. The van der Waals surface area contributed by atoms with Gasteiger partial charge in [0.15, 0.2) is 0 Å². The molecule has 7 heteroatoms. The van der Waals surface area contributed by atoms with Gasteiger partial charge < -0.3 is 18.9 Å². The molecule has 0 bridgehead atoms. The molecule has 0 aliphatic rings. The molecule has 0 aliphatic carbocycles. The summed E-state index contributed by atoms with van der Waals surface area (Å²) in [4.78, 5) is 20.4. The summed E-state index contributed by atoms with van der Waals surface area (Å²) in [5.74, 6) is -0.629. The van der Waals surface area contributed by atoms with Crippen LogP contribution in [0.1, 0.15) is 12.0 Å². The highest BCUT2D eigenvalue weighted by atomic mass is 31.2. The van der Waals surface area contributed by atoms with Gasteiger partial charge in [-0.15, -0.1) is 0 Å². The Hall–Kier alpha value is -0.970. The van der Waals surface area contributed by atoms with E-state index in [1.165, 1.54) is 12.1 Å². The van der Waals surface area contributed by atoms with Crippen LogP contribution in [0.2, 0.25) is 0 Å². The van der Waals surface area contributed by atoms with Gasteiger partial charge in [0.25, 0.3) is 6.43 Å². The van der Waals surface area contributed by atoms with Crippen LogP contribution in [0.15, 0.2) is 24.3 Å². The first kappa shape index (κ1) is 11.1. The number of phosphoric acid groups is 1. The lowest BCUT2D eigenvalue weighted by molar-refractivity contribution is -0.333. The predicted octanol–water partition coefficient (Wildman–Crippen LogP) is 0.832. The Bertz CT molecular complexity index is 362. The largest absolute Gasteiger partial charge is 0.780 e. The highest BCUT2D eigenvalue weighted by molar-refractivity contribution is 7.43. The van der Waals surface area contributed by atoms with Gasteiger partial charge in [0.2, 0.25) is 0 Å². The molecular weight excluding hydrogens is 217 g/mol. The normalized spacial score (nSPS) is 11.8. The molecule has 1 rings (SSSR count). The fraction of sp³-hybridized carbons (Fsp3) is 0.143. The van der Waals surface area contributed by atoms with Crippen molar-refractivity contribution < 1.29 is 27.7 Å². The van der Waals surface area contributed by atoms with E-state index in [0.717, 1.165) is 12.1 Å². The summed E-state index contributed by atoms with van der Waals surface area (Å²) in [7, 11) is -5.29. The third-order valence-corrected chi connectivity index (χ3v) is 1.78. The lowest BCUT2D eigenvalue weighted by Crippen LogP contribution is -2.19. The minimum Gasteiger partial charge on any atom is -0.780 e. The van der Waals surface area contributed by atoms with Crippen molar-refractivity contribution in [3.8, 4) is 5.75 Å². The summed E-state index contributed by atoms with van der Waals surface area (Å²) >= 11 is 0. The second kappa shape index (κ2) is 4.04. The molecule has 0 spiro atoms. The molecule has 0 atom stereocenters. The molecule has 14 heavy (non-hydrogen) atoms. The second-order valence-corrected chi connectivity index (χ2v) is 3.45. The van der Waals surface area contributed by atoms with Crippen molar-refractivity contribution >= 4 is 7.82 Å². The zero-order valence-corrected chi connectivity index (χ0v) is 7.62. The van der Waals surface area contributed by atoms with E-state index >= 15 is 0 Å². The van der Waals surface area contributed by atoms with Crippen molar-refractivity contribution in [3.63, 3.8) is 0 Å². The smallest absolute Gasteiger partial charge is 0.267 e. The average Bonchev–Trinajstić information content (AvgIpc) is 2.01. The number of rotatable bonds is 3. The van der Waals surface area contributed by atoms with E-state index in [0.29, 0.717) is 0 Å². The predicted molar refractivity (Wildman–Crippen MR) is 39.6 cm³/mol. The maximum Gasteiger partial charge on any atom is 0.267 e. The molecule has 4 nitrogen and oxygen atoms in total. The van der Waals surface area contributed by atoms with Gasteiger partial charge in [0.1, 0.15) is 13.6 Å². The molecule has 0 N–H and O–H groups in total. The van der Waals surface area contributed by atoms with Crippen LogP contribution >= 0.6 is 7.82 Å². The summed E-state index contributed by atoms with van der Waals surface area (Å²) in [6, 6.07) is 4.55. The Labute approximate surface area is 78.4 Å². The van der Waals surface area contributed by atoms with Gasteiger partial charge in [0, 0.05) is 0 Å². The molecular formula is C7H5F2O4P-2. The van der Waals surface area contributed by atoms with Crippen LogP contribution in [-0.4, -0.2) is 0 Å². The quantitative estimate of drug-likeness (QED) is 0.710. The minimum absolute atomic E-state index is 0.626. The molecule has 0 aliphatic heterocycles. The molecule has 1 aromatic carbocycles. The lowest BCUT2D eigenvalue weighted by Gasteiger charge is -2.29. The van der Waals surface area contributed by atoms with Gasteiger partial charge in [0.05, 0.1) is 5.56 Å². The van der Waals surface area contributed by atoms with Crippen molar-refractivity contribution in [2.75, 3.05) is 0 Å². The van der Waals surface area contributed by atoms with Crippen LogP contribution < -0.4 is 14.3 Å². The summed E-state index contributed by atoms with van der Waals surface area (Å²) in [5, 5.41) is 0. The van der Waals surface area contributed by atoms with Crippen molar-refractivity contribution in [3.05, 3.63) is 29.8 Å². The first-order valence-electron chi connectivity index (χ1n) is 3.49. The van der Waals surface area contributed by atoms with Crippen LogP contribution in [0.5, 0.6) is 5.75 Å². The summed E-state index contributed by atoms with van der Waals surface area (Å²) in [6.07, 6.45) is -2.89. The van der Waals surface area contributed by atoms with E-state index in [2.05, 4.69) is 4.52 Å². The number of halogens is 2. The highest BCUT2D eigenvalue weighted by Crippen LogP contribution is 2.35. The number of phosphoric ester groups is 1. The van der Waals surface area contributed by atoms with Crippen LogP contribution in [0, 0.1) is 0 Å². The van der Waals surface area contributed by atoms with Crippen LogP contribution in [0.4, 0.5) is 8.78 Å². The molecule has 0 aromatic heterocycles. The standard InChI is InChI=1S/C7H7F2O4P/c8-7(9)5-3-1-2-4-6(5)13-14(10,11)12/h1-4,7H,(H2,10,11,12)/p-2. The molecule has 0 saturated heterocycles. The van der Waals surface area contributed by atoms with Crippen molar-refractivity contribution in [2.45, 2.75) is 6.43 Å². The molecule has 0 unspecified atom stereocenters. The third kappa shape index (κ3) is 3.06. The Morgan fingerprint density at radius 2 is 1.86 bits per heavy atom. The van der Waals surface area contributed by atoms with E-state index in [-0.39, 0.29) is 0 Å². The zero-order valence-electron chi connectivity index (χ0n) is 6.72. The minimum atomic E-state index is -5.29. The van der Waals surface area contributed by atoms with Gasteiger partial charge in [-0.1, -0.05) is 12.1 Å². The Morgan fingerprint density at radius 3 is 2.36 bits per heavy atom. The number of alkyl halides is 2. The summed E-state index contributed by atoms with van der Waals surface area (Å²) in [5.41, 5.74) is -0.626. The molecule has 0 radical (unpaired) electrons. The van der Waals surface area contributed by atoms with E-state index in [9.17, 15) is 23.1 Å². The number of benzene rings is 1. The molecule has 0 amide bonds. The number of para-hydroxylation sites is 1. The monoisotopic (exact) mass is 222 g/mol. The first-order chi connectivity index (χ1) is 6.40. The first-order valence-corrected chi connectivity index (χ1v) is 4.95. The fourth-order valence-electron chi connectivity index (χ4n) is 0.864. The van der Waals surface area contributed by atoms with Crippen LogP contribution in [-0.2, 0) is 4.57 Å². The Morgan fingerprint density at radius 1 is 1.29 bits per heavy atom. The maximum absolute atomic E-state index is 12.2. The van der Waals surface area contributed by atoms with Gasteiger partial charge in [-0.3, -0.25) is 0 Å². The zero-order chi connectivity index (χ0) is 10.8. The van der Waals surface area contributed by atoms with Crippen LogP contribution in [0.25, 0.3) is 0 Å². The average molecular weight is 222 g/mol. The maximum atomic E-state index is 12.2. The molecule has 1 aromatic rings. The summed E-state index contributed by atoms with van der Waals surface area (Å²) < 4.78 is 38.5. The molecule has 0 heterocycles. The van der Waals surface area contributed by atoms with Gasteiger partial charge in [-0.05, 0) is 12.1 Å². The highest BCUT2D eigenvalue weighted by Gasteiger charge is 2.13. The summed E-state index contributed by atoms with van der Waals surface area (Å²) in [6.45, 7) is 0. The number of hydrogen-bond acceptors (Lipinski definition) is 4. The molecule has 0 fully saturated rings. The van der Waals surface area contributed by atoms with E-state index in [1.54, 1.807) is 0 Å². The SMILES string of the molecule is O=P([O-])([O-])Oc1ccccc1C(F)F. The fourth-order valence-corrected chi connectivity index (χ4v) is 1.27. The Kier molecular flexibility index (Phi) is 3.21. The van der Waals surface area contributed by atoms with E-state index < -0.39 is 25.6 Å². The van der Waals surface area contributed by atoms with Gasteiger partial charge in [-0.2, -0.15) is 0 Å². The van der Waals surface area contributed by atoms with Crippen molar-refractivity contribution in [1.29, 1.82) is 0 Å². The molecule has 78 valence electrons. The van der Waals surface area contributed by atoms with Crippen molar-refractivity contribution in [2.24, 2.45) is 0 Å². The van der Waals surface area contributed by atoms with Crippen LogP contribution in [0.3, 0.4) is 0 Å². The van der Waals surface area contributed by atoms with Gasteiger partial charge in [-0.25, -0.2) is 8.78 Å². The molecule has 0 saturated carbocycles. The lowest BCUT2D eigenvalue weighted by atomic mass is 10.2. The third-order valence-electron chi connectivity index (χ3n) is 1.36. The second-order valence-electron chi connectivity index (χ2n) is 2.38. The Balaban J connectivity index is 3.02. The van der Waals surface area contributed by atoms with E-state index in [4.69, 9.17) is 0 Å².